The lowest BCUT2D eigenvalue weighted by molar-refractivity contribution is -0.209. The van der Waals surface area contributed by atoms with Crippen LogP contribution >= 0.6 is 23.2 Å². The van der Waals surface area contributed by atoms with Gasteiger partial charge in [-0.1, -0.05) is 0 Å². The van der Waals surface area contributed by atoms with Gasteiger partial charge in [0, 0.05) is 43.3 Å². The van der Waals surface area contributed by atoms with Crippen LogP contribution in [-0.2, 0) is 23.2 Å². The monoisotopic (exact) mass is 626 g/mol. The topological polar surface area (TPSA) is 100 Å². The van der Waals surface area contributed by atoms with Crippen molar-refractivity contribution < 1.29 is 32.3 Å². The number of carbonyl (C=O) groups is 2. The highest BCUT2D eigenvalue weighted by Crippen LogP contribution is 2.50. The SMILES string of the molecule is Cn1ccn(CC2CC(C(=O)NC(CC(=O)O)C3CCC(Cl)C(Cl)C3)CC(C3CCC(F)CC3C(F)(F)F)C2)c1=N. The molecule has 13 heteroatoms. The third-order valence-corrected chi connectivity index (χ3v) is 10.8. The molecule has 7 nitrogen and oxygen atoms in total. The zero-order chi connectivity index (χ0) is 30.1. The summed E-state index contributed by atoms with van der Waals surface area (Å²) in [5, 5.41) is 20.2. The number of carbonyl (C=O) groups excluding carboxylic acids is 1. The van der Waals surface area contributed by atoms with Gasteiger partial charge in [0.1, 0.15) is 6.17 Å². The molecule has 1 aromatic rings. The van der Waals surface area contributed by atoms with E-state index in [0.29, 0.717) is 38.6 Å². The molecule has 0 radical (unpaired) electrons. The van der Waals surface area contributed by atoms with E-state index in [-0.39, 0.29) is 59.8 Å². The number of aliphatic carboxylic acids is 1. The second kappa shape index (κ2) is 13.3. The zero-order valence-corrected chi connectivity index (χ0v) is 24.6. The molecule has 1 amide bonds. The number of imidazole rings is 1. The highest BCUT2D eigenvalue weighted by molar-refractivity contribution is 6.30. The Kier molecular flexibility index (Phi) is 10.4. The van der Waals surface area contributed by atoms with E-state index in [0.717, 1.165) is 0 Å². The molecule has 0 bridgehead atoms. The molecule has 10 unspecified atom stereocenters. The number of hydrogen-bond donors (Lipinski definition) is 3. The third kappa shape index (κ3) is 8.00. The smallest absolute Gasteiger partial charge is 0.392 e. The second-order valence-corrected chi connectivity index (χ2v) is 13.6. The van der Waals surface area contributed by atoms with Crippen LogP contribution in [0, 0.1) is 40.9 Å². The van der Waals surface area contributed by atoms with Gasteiger partial charge in [-0.25, -0.2) is 4.39 Å². The van der Waals surface area contributed by atoms with Crippen molar-refractivity contribution in [1.29, 1.82) is 5.41 Å². The minimum Gasteiger partial charge on any atom is -0.481 e. The molecule has 1 aromatic heterocycles. The van der Waals surface area contributed by atoms with Crippen LogP contribution in [0.15, 0.2) is 12.4 Å². The van der Waals surface area contributed by atoms with Crippen LogP contribution < -0.4 is 10.9 Å². The first-order valence-electron chi connectivity index (χ1n) is 14.5. The summed E-state index contributed by atoms with van der Waals surface area (Å²) >= 11 is 12.6. The van der Waals surface area contributed by atoms with E-state index in [4.69, 9.17) is 28.6 Å². The van der Waals surface area contributed by atoms with E-state index < -0.39 is 54.5 Å². The van der Waals surface area contributed by atoms with Crippen LogP contribution in [-0.4, -0.2) is 55.3 Å². The summed E-state index contributed by atoms with van der Waals surface area (Å²) in [6, 6.07) is -0.669. The van der Waals surface area contributed by atoms with Crippen molar-refractivity contribution in [3.63, 3.8) is 0 Å². The number of carboxylic acid groups (broad SMARTS) is 1. The highest BCUT2D eigenvalue weighted by atomic mass is 35.5. The summed E-state index contributed by atoms with van der Waals surface area (Å²) < 4.78 is 59.7. The molecule has 4 rings (SSSR count). The molecule has 41 heavy (non-hydrogen) atoms. The molecular formula is C28H40Cl2F4N4O3. The van der Waals surface area contributed by atoms with Gasteiger partial charge in [0.15, 0.2) is 0 Å². The lowest BCUT2D eigenvalue weighted by Gasteiger charge is -2.44. The van der Waals surface area contributed by atoms with Crippen molar-refractivity contribution in [2.75, 3.05) is 0 Å². The maximum atomic E-state index is 14.1. The minimum absolute atomic E-state index is 0.0725. The first kappa shape index (κ1) is 32.2. The van der Waals surface area contributed by atoms with Gasteiger partial charge in [-0.05, 0) is 81.5 Å². The maximum absolute atomic E-state index is 14.1. The normalized spacial score (nSPS) is 35.5. The molecule has 0 aromatic carbocycles. The molecule has 3 N–H and O–H groups in total. The lowest BCUT2D eigenvalue weighted by atomic mass is 9.63. The molecule has 3 fully saturated rings. The fraction of sp³-hybridized carbons (Fsp3) is 0.821. The van der Waals surface area contributed by atoms with Crippen LogP contribution in [0.4, 0.5) is 17.6 Å². The van der Waals surface area contributed by atoms with Gasteiger partial charge in [0.05, 0.1) is 17.7 Å². The Balaban J connectivity index is 1.56. The number of nitrogens with zero attached hydrogens (tertiary/aromatic N) is 2. The number of carboxylic acids is 1. The third-order valence-electron chi connectivity index (χ3n) is 9.63. The summed E-state index contributed by atoms with van der Waals surface area (Å²) in [5.41, 5.74) is 0.242. The molecule has 232 valence electrons. The first-order valence-corrected chi connectivity index (χ1v) is 15.4. The van der Waals surface area contributed by atoms with Crippen LogP contribution in [0.5, 0.6) is 0 Å². The van der Waals surface area contributed by atoms with Gasteiger partial charge in [0.2, 0.25) is 11.5 Å². The fourth-order valence-corrected chi connectivity index (χ4v) is 8.11. The first-order chi connectivity index (χ1) is 19.2. The summed E-state index contributed by atoms with van der Waals surface area (Å²) in [4.78, 5) is 25.4. The van der Waals surface area contributed by atoms with Crippen molar-refractivity contribution in [2.45, 2.75) is 99.9 Å². The van der Waals surface area contributed by atoms with Crippen molar-refractivity contribution in [3.05, 3.63) is 18.0 Å². The van der Waals surface area contributed by atoms with Gasteiger partial charge in [-0.15, -0.1) is 23.2 Å². The number of amides is 1. The number of aromatic nitrogens is 2. The highest BCUT2D eigenvalue weighted by Gasteiger charge is 2.51. The minimum atomic E-state index is -4.53. The molecule has 3 aliphatic rings. The van der Waals surface area contributed by atoms with Gasteiger partial charge in [-0.2, -0.15) is 13.2 Å². The molecule has 0 saturated heterocycles. The summed E-state index contributed by atoms with van der Waals surface area (Å²) in [6.07, 6.45) is -0.455. The molecule has 3 saturated carbocycles. The van der Waals surface area contributed by atoms with Crippen molar-refractivity contribution in [2.24, 2.45) is 42.6 Å². The van der Waals surface area contributed by atoms with Gasteiger partial charge in [-0.3, -0.25) is 15.0 Å². The molecule has 0 spiro atoms. The number of nitrogens with one attached hydrogen (secondary N) is 2. The number of alkyl halides is 6. The Hall–Kier alpha value is -1.75. The standard InChI is InChI=1S/C28H40Cl2F4N4O3/c1-37-6-7-38(27(37)35)14-15-8-17(20-4-3-19(31)12-21(20)28(32,33)34)10-18(9-15)26(41)36-24(13-25(39)40)16-2-5-22(29)23(30)11-16/h6-7,15-24,35H,2-5,8-14H2,1H3,(H,36,41)(H,39,40). The predicted molar refractivity (Wildman–Crippen MR) is 146 cm³/mol. The average Bonchev–Trinajstić information content (AvgIpc) is 3.21. The number of rotatable bonds is 8. The Labute approximate surface area is 247 Å². The van der Waals surface area contributed by atoms with Gasteiger partial charge < -0.3 is 19.6 Å². The van der Waals surface area contributed by atoms with Crippen LogP contribution in [0.1, 0.15) is 64.2 Å². The van der Waals surface area contributed by atoms with Crippen LogP contribution in [0.2, 0.25) is 0 Å². The predicted octanol–water partition coefficient (Wildman–Crippen LogP) is 5.63. The van der Waals surface area contributed by atoms with E-state index in [1.807, 2.05) is 0 Å². The van der Waals surface area contributed by atoms with Crippen LogP contribution in [0.3, 0.4) is 0 Å². The van der Waals surface area contributed by atoms with Crippen molar-refractivity contribution >= 4 is 35.1 Å². The van der Waals surface area contributed by atoms with E-state index >= 15 is 0 Å². The Morgan fingerprint density at radius 3 is 2.41 bits per heavy atom. The van der Waals surface area contributed by atoms with E-state index in [2.05, 4.69) is 5.32 Å². The van der Waals surface area contributed by atoms with Crippen LogP contribution in [0.25, 0.3) is 0 Å². The molecular weight excluding hydrogens is 587 g/mol. The fourth-order valence-electron chi connectivity index (χ4n) is 7.53. The van der Waals surface area contributed by atoms with Gasteiger partial charge in [0.25, 0.3) is 0 Å². The van der Waals surface area contributed by atoms with Crippen molar-refractivity contribution in [1.82, 2.24) is 14.5 Å². The zero-order valence-electron chi connectivity index (χ0n) is 23.1. The van der Waals surface area contributed by atoms with Gasteiger partial charge >= 0.3 is 12.1 Å². The number of halogens is 6. The van der Waals surface area contributed by atoms with E-state index in [1.54, 1.807) is 28.6 Å². The second-order valence-electron chi connectivity index (χ2n) is 12.5. The summed E-state index contributed by atoms with van der Waals surface area (Å²) in [6.45, 7) is 0.376. The Morgan fingerprint density at radius 2 is 1.80 bits per heavy atom. The number of aryl methyl sites for hydroxylation is 1. The average molecular weight is 628 g/mol. The Morgan fingerprint density at radius 1 is 1.07 bits per heavy atom. The molecule has 3 aliphatic carbocycles. The van der Waals surface area contributed by atoms with E-state index in [1.165, 1.54) is 0 Å². The summed E-state index contributed by atoms with van der Waals surface area (Å²) in [5.74, 6) is -5.40. The maximum Gasteiger partial charge on any atom is 0.392 e. The number of hydrogen-bond acceptors (Lipinski definition) is 3. The molecule has 1 heterocycles. The lowest BCUT2D eigenvalue weighted by Crippen LogP contribution is -2.49. The van der Waals surface area contributed by atoms with Crippen molar-refractivity contribution in [3.8, 4) is 0 Å². The molecule has 10 atom stereocenters. The molecule has 0 aliphatic heterocycles. The van der Waals surface area contributed by atoms with E-state index in [9.17, 15) is 32.3 Å². The quantitative estimate of drug-likeness (QED) is 0.257. The summed E-state index contributed by atoms with van der Waals surface area (Å²) in [7, 11) is 1.73. The largest absolute Gasteiger partial charge is 0.481 e. The Bertz CT molecular complexity index is 1130.